The van der Waals surface area contributed by atoms with Crippen molar-refractivity contribution in [1.82, 2.24) is 19.5 Å². The zero-order chi connectivity index (χ0) is 17.4. The van der Waals surface area contributed by atoms with E-state index in [1.165, 1.54) is 16.8 Å². The molecule has 2 aromatic heterocycles. The zero-order valence-electron chi connectivity index (χ0n) is 13.2. The van der Waals surface area contributed by atoms with Crippen LogP contribution in [0.2, 0.25) is 0 Å². The van der Waals surface area contributed by atoms with Gasteiger partial charge in [-0.05, 0) is 46.7 Å². The summed E-state index contributed by atoms with van der Waals surface area (Å²) in [6.45, 7) is 1.58. The molecular weight excluding hydrogens is 517 g/mol. The minimum Gasteiger partial charge on any atom is -0.493 e. The summed E-state index contributed by atoms with van der Waals surface area (Å²) in [6, 6.07) is 4.31. The molecule has 0 amide bonds. The molecule has 1 aliphatic rings. The zero-order valence-corrected chi connectivity index (χ0v) is 17.8. The van der Waals surface area contributed by atoms with E-state index in [1.807, 2.05) is 0 Å². The maximum atomic E-state index is 6.00. The third-order valence-electron chi connectivity index (χ3n) is 3.99. The van der Waals surface area contributed by atoms with Crippen LogP contribution in [0.3, 0.4) is 0 Å². The smallest absolute Gasteiger partial charge is 0.175 e. The monoisotopic (exact) mass is 531 g/mol. The molecule has 0 radical (unpaired) electrons. The normalized spacial score (nSPS) is 13.2. The lowest BCUT2D eigenvalue weighted by Gasteiger charge is -2.09. The first-order chi connectivity index (χ1) is 12.2. The van der Waals surface area contributed by atoms with Crippen molar-refractivity contribution in [3.8, 4) is 5.75 Å². The standard InChI is InChI=1S/C16H15BrIN5OS/c17-3-1-4-23-15-13(14(19)20-8-21-15)22-16(23)25-12-6-9-2-5-24-11(9)7-10(12)18/h6-8H,1-5H2,(H2,19,20,21). The predicted octanol–water partition coefficient (Wildman–Crippen LogP) is 3.88. The molecule has 1 aromatic carbocycles. The summed E-state index contributed by atoms with van der Waals surface area (Å²) in [7, 11) is 0. The highest BCUT2D eigenvalue weighted by molar-refractivity contribution is 14.1. The predicted molar refractivity (Wildman–Crippen MR) is 111 cm³/mol. The van der Waals surface area contributed by atoms with E-state index in [0.717, 1.165) is 51.4 Å². The van der Waals surface area contributed by atoms with Crippen LogP contribution in [0.4, 0.5) is 5.82 Å². The molecule has 4 rings (SSSR count). The average molecular weight is 532 g/mol. The topological polar surface area (TPSA) is 78.8 Å². The number of hydrogen-bond acceptors (Lipinski definition) is 6. The van der Waals surface area contributed by atoms with Gasteiger partial charge in [-0.2, -0.15) is 0 Å². The van der Waals surface area contributed by atoms with Gasteiger partial charge in [0.1, 0.15) is 12.1 Å². The molecule has 130 valence electrons. The summed E-state index contributed by atoms with van der Waals surface area (Å²) in [4.78, 5) is 14.4. The molecule has 0 aliphatic carbocycles. The number of benzene rings is 1. The van der Waals surface area contributed by atoms with Crippen molar-refractivity contribution in [2.24, 2.45) is 0 Å². The number of aromatic nitrogens is 4. The van der Waals surface area contributed by atoms with Gasteiger partial charge in [-0.15, -0.1) is 0 Å². The second-order valence-corrected chi connectivity index (χ2v) is 8.57. The van der Waals surface area contributed by atoms with E-state index in [9.17, 15) is 0 Å². The maximum absolute atomic E-state index is 6.00. The largest absolute Gasteiger partial charge is 0.493 e. The minimum atomic E-state index is 0.418. The average Bonchev–Trinajstić information content (AvgIpc) is 3.18. The first kappa shape index (κ1) is 17.3. The van der Waals surface area contributed by atoms with E-state index in [1.54, 1.807) is 11.8 Å². The van der Waals surface area contributed by atoms with E-state index < -0.39 is 0 Å². The van der Waals surface area contributed by atoms with Crippen molar-refractivity contribution in [3.63, 3.8) is 0 Å². The lowest BCUT2D eigenvalue weighted by atomic mass is 10.2. The highest BCUT2D eigenvalue weighted by atomic mass is 127. The van der Waals surface area contributed by atoms with Gasteiger partial charge in [-0.25, -0.2) is 15.0 Å². The van der Waals surface area contributed by atoms with E-state index in [2.05, 4.69) is 65.2 Å². The maximum Gasteiger partial charge on any atom is 0.175 e. The first-order valence-corrected chi connectivity index (χ1v) is 10.8. The number of anilines is 1. The summed E-state index contributed by atoms with van der Waals surface area (Å²) < 4.78 is 8.93. The second kappa shape index (κ2) is 7.28. The number of nitrogens with two attached hydrogens (primary N) is 1. The summed E-state index contributed by atoms with van der Waals surface area (Å²) in [5.41, 5.74) is 8.71. The van der Waals surface area contributed by atoms with Gasteiger partial charge in [0.2, 0.25) is 0 Å². The fraction of sp³-hybridized carbons (Fsp3) is 0.312. The Kier molecular flexibility index (Phi) is 5.05. The third kappa shape index (κ3) is 3.33. The second-order valence-electron chi connectivity index (χ2n) is 5.61. The molecule has 0 spiro atoms. The Balaban J connectivity index is 1.77. The third-order valence-corrected chi connectivity index (χ3v) is 6.86. The quantitative estimate of drug-likeness (QED) is 0.397. The number of rotatable bonds is 5. The molecule has 1 aliphatic heterocycles. The Labute approximate surface area is 171 Å². The van der Waals surface area contributed by atoms with Crippen LogP contribution in [0.25, 0.3) is 11.2 Å². The van der Waals surface area contributed by atoms with Gasteiger partial charge in [0.15, 0.2) is 22.1 Å². The molecule has 3 aromatic rings. The highest BCUT2D eigenvalue weighted by Crippen LogP contribution is 2.38. The van der Waals surface area contributed by atoms with Gasteiger partial charge in [0.05, 0.1) is 6.61 Å². The number of alkyl halides is 1. The van der Waals surface area contributed by atoms with Crippen molar-refractivity contribution in [2.45, 2.75) is 29.4 Å². The first-order valence-electron chi connectivity index (χ1n) is 7.83. The van der Waals surface area contributed by atoms with Crippen LogP contribution >= 0.6 is 50.3 Å². The molecule has 9 heteroatoms. The number of ether oxygens (including phenoxy) is 1. The Morgan fingerprint density at radius 2 is 2.24 bits per heavy atom. The van der Waals surface area contributed by atoms with Gasteiger partial charge in [0, 0.05) is 26.8 Å². The summed E-state index contributed by atoms with van der Waals surface area (Å²) in [5.74, 6) is 1.41. The van der Waals surface area contributed by atoms with E-state index in [4.69, 9.17) is 15.5 Å². The molecule has 0 saturated carbocycles. The lowest BCUT2D eigenvalue weighted by molar-refractivity contribution is 0.356. The lowest BCUT2D eigenvalue weighted by Crippen LogP contribution is -2.02. The fourth-order valence-electron chi connectivity index (χ4n) is 2.79. The van der Waals surface area contributed by atoms with Crippen molar-refractivity contribution >= 4 is 67.3 Å². The molecule has 6 nitrogen and oxygen atoms in total. The van der Waals surface area contributed by atoms with Crippen LogP contribution in [0.1, 0.15) is 12.0 Å². The molecule has 0 saturated heterocycles. The van der Waals surface area contributed by atoms with E-state index in [-0.39, 0.29) is 0 Å². The van der Waals surface area contributed by atoms with Crippen molar-refractivity contribution < 1.29 is 4.74 Å². The number of nitrogens with zero attached hydrogens (tertiary/aromatic N) is 4. The Morgan fingerprint density at radius 3 is 3.08 bits per heavy atom. The number of nitrogen functional groups attached to an aromatic ring is 1. The van der Waals surface area contributed by atoms with Gasteiger partial charge >= 0.3 is 0 Å². The highest BCUT2D eigenvalue weighted by Gasteiger charge is 2.19. The molecule has 25 heavy (non-hydrogen) atoms. The molecule has 0 fully saturated rings. The van der Waals surface area contributed by atoms with Crippen LogP contribution in [0.5, 0.6) is 5.75 Å². The van der Waals surface area contributed by atoms with Crippen molar-refractivity contribution in [3.05, 3.63) is 27.6 Å². The molecule has 0 atom stereocenters. The molecule has 0 bridgehead atoms. The molecular formula is C16H15BrIN5OS. The van der Waals surface area contributed by atoms with E-state index in [0.29, 0.717) is 11.3 Å². The van der Waals surface area contributed by atoms with Gasteiger partial charge in [-0.3, -0.25) is 0 Å². The van der Waals surface area contributed by atoms with Gasteiger partial charge < -0.3 is 15.0 Å². The van der Waals surface area contributed by atoms with Gasteiger partial charge in [-0.1, -0.05) is 27.7 Å². The SMILES string of the molecule is Nc1ncnc2c1nc(Sc1cc3c(cc1I)OCC3)n2CCCBr. The Morgan fingerprint density at radius 1 is 1.36 bits per heavy atom. The molecule has 0 unspecified atom stereocenters. The number of halogens is 2. The Bertz CT molecular complexity index is 948. The molecule has 3 heterocycles. The van der Waals surface area contributed by atoms with Crippen molar-refractivity contribution in [2.75, 3.05) is 17.7 Å². The Hall–Kier alpha value is -1.07. The van der Waals surface area contributed by atoms with Crippen LogP contribution in [0, 0.1) is 3.57 Å². The fourth-order valence-corrected chi connectivity index (χ4v) is 4.78. The van der Waals surface area contributed by atoms with Gasteiger partial charge in [0.25, 0.3) is 0 Å². The van der Waals surface area contributed by atoms with Crippen LogP contribution in [0.15, 0.2) is 28.5 Å². The number of aryl methyl sites for hydroxylation is 1. The van der Waals surface area contributed by atoms with E-state index >= 15 is 0 Å². The van der Waals surface area contributed by atoms with Crippen molar-refractivity contribution in [1.29, 1.82) is 0 Å². The number of fused-ring (bicyclic) bond motifs is 2. The number of imidazole rings is 1. The summed E-state index contributed by atoms with van der Waals surface area (Å²) >= 11 is 7.49. The van der Waals surface area contributed by atoms with Crippen LogP contribution in [-0.2, 0) is 13.0 Å². The summed E-state index contributed by atoms with van der Waals surface area (Å²) in [6.07, 6.45) is 3.44. The van der Waals surface area contributed by atoms with Crippen LogP contribution < -0.4 is 10.5 Å². The number of hydrogen-bond donors (Lipinski definition) is 1. The van der Waals surface area contributed by atoms with Crippen LogP contribution in [-0.4, -0.2) is 31.5 Å². The minimum absolute atomic E-state index is 0.418. The summed E-state index contributed by atoms with van der Waals surface area (Å²) in [5, 5.41) is 1.81. The molecule has 2 N–H and O–H groups in total.